The molecular formula is C9H11N5O. The number of hydrogen-bond acceptors (Lipinski definition) is 5. The van der Waals surface area contributed by atoms with Gasteiger partial charge in [0.05, 0.1) is 6.33 Å². The molecule has 2 N–H and O–H groups in total. The molecule has 6 nitrogen and oxygen atoms in total. The van der Waals surface area contributed by atoms with E-state index in [1.54, 1.807) is 6.33 Å². The fraction of sp³-hybridized carbons (Fsp3) is 0.444. The first-order valence-corrected chi connectivity index (χ1v) is 4.84. The van der Waals surface area contributed by atoms with Crippen molar-refractivity contribution in [1.29, 1.82) is 0 Å². The molecule has 0 radical (unpaired) electrons. The monoisotopic (exact) mass is 206 g/mol. The first kappa shape index (κ1) is 7.58. The lowest BCUT2D eigenvalue weighted by atomic mass is 10.3. The Morgan fingerprint density at radius 1 is 1.53 bits per heavy atom. The second-order valence-electron chi connectivity index (χ2n) is 3.50. The predicted molar refractivity (Wildman–Crippen MR) is 54.0 cm³/mol. The molecule has 6 heteroatoms. The van der Waals surface area contributed by atoms with Gasteiger partial charge in [-0.2, -0.15) is 0 Å². The third kappa shape index (κ3) is 1.25. The van der Waals surface area contributed by atoms with E-state index in [1.807, 2.05) is 4.57 Å². The van der Waals surface area contributed by atoms with Gasteiger partial charge in [0.1, 0.15) is 19.4 Å². The lowest BCUT2D eigenvalue weighted by Crippen LogP contribution is -2.06. The van der Waals surface area contributed by atoms with Gasteiger partial charge in [0, 0.05) is 6.61 Å². The third-order valence-electron chi connectivity index (χ3n) is 2.55. The highest BCUT2D eigenvalue weighted by atomic mass is 16.5. The summed E-state index contributed by atoms with van der Waals surface area (Å²) in [7, 11) is 0. The van der Waals surface area contributed by atoms with Gasteiger partial charge in [0.2, 0.25) is 0 Å². The lowest BCUT2D eigenvalue weighted by Gasteiger charge is -2.10. The minimum atomic E-state index is -0.0928. The number of nitrogens with two attached hydrogens (primary N) is 1. The molecule has 78 valence electrons. The van der Waals surface area contributed by atoms with E-state index in [4.69, 9.17) is 11.8 Å². The third-order valence-corrected chi connectivity index (χ3v) is 2.55. The summed E-state index contributed by atoms with van der Waals surface area (Å²) in [5.41, 5.74) is 6.79. The van der Waals surface area contributed by atoms with Crippen LogP contribution in [-0.2, 0) is 4.74 Å². The molecule has 1 atom stereocenters. The van der Waals surface area contributed by atoms with Gasteiger partial charge in [-0.15, -0.1) is 0 Å². The number of hydrogen-bond donors (Lipinski definition) is 1. The van der Waals surface area contributed by atoms with Crippen molar-refractivity contribution in [2.45, 2.75) is 19.1 Å². The highest BCUT2D eigenvalue weighted by Crippen LogP contribution is 2.26. The molecule has 0 amide bonds. The number of rotatable bonds is 1. The SMILES string of the molecule is [2H]c1nc(N)c2ncn(C3CCCO3)c2n1. The van der Waals surface area contributed by atoms with Gasteiger partial charge in [-0.05, 0) is 12.8 Å². The van der Waals surface area contributed by atoms with Gasteiger partial charge >= 0.3 is 0 Å². The van der Waals surface area contributed by atoms with Crippen LogP contribution in [-0.4, -0.2) is 26.1 Å². The Morgan fingerprint density at radius 3 is 3.27 bits per heavy atom. The van der Waals surface area contributed by atoms with Crippen LogP contribution in [0.25, 0.3) is 11.2 Å². The Kier molecular flexibility index (Phi) is 1.60. The van der Waals surface area contributed by atoms with Crippen LogP contribution in [0.2, 0.25) is 0 Å². The minimum absolute atomic E-state index is 0.0429. The average Bonchev–Trinajstić information content (AvgIpc) is 2.83. The zero-order chi connectivity index (χ0) is 11.1. The maximum absolute atomic E-state index is 7.44. The summed E-state index contributed by atoms with van der Waals surface area (Å²) in [5.74, 6) is 0.242. The van der Waals surface area contributed by atoms with Crippen molar-refractivity contribution in [2.75, 3.05) is 12.3 Å². The highest BCUT2D eigenvalue weighted by Gasteiger charge is 2.20. The second kappa shape index (κ2) is 3.16. The van der Waals surface area contributed by atoms with E-state index in [-0.39, 0.29) is 18.3 Å². The van der Waals surface area contributed by atoms with Gasteiger partial charge in [-0.3, -0.25) is 4.57 Å². The molecule has 1 aliphatic rings. The van der Waals surface area contributed by atoms with Crippen molar-refractivity contribution in [3.63, 3.8) is 0 Å². The smallest absolute Gasteiger partial charge is 0.167 e. The number of nitrogens with zero attached hydrogens (tertiary/aromatic N) is 4. The summed E-state index contributed by atoms with van der Waals surface area (Å²) in [5, 5.41) is 0. The van der Waals surface area contributed by atoms with Crippen LogP contribution in [0.1, 0.15) is 20.4 Å². The van der Waals surface area contributed by atoms with Gasteiger partial charge in [-0.25, -0.2) is 15.0 Å². The molecule has 0 bridgehead atoms. The number of nitrogen functional groups attached to an aromatic ring is 1. The van der Waals surface area contributed by atoms with Crippen LogP contribution < -0.4 is 5.73 Å². The van der Waals surface area contributed by atoms with Gasteiger partial charge in [-0.1, -0.05) is 0 Å². The van der Waals surface area contributed by atoms with Gasteiger partial charge < -0.3 is 10.5 Å². The fourth-order valence-electron chi connectivity index (χ4n) is 1.82. The number of ether oxygens (including phenoxy) is 1. The van der Waals surface area contributed by atoms with E-state index in [0.29, 0.717) is 11.2 Å². The molecular weight excluding hydrogens is 194 g/mol. The van der Waals surface area contributed by atoms with Crippen LogP contribution in [0, 0.1) is 0 Å². The second-order valence-corrected chi connectivity index (χ2v) is 3.50. The Balaban J connectivity index is 2.18. The molecule has 15 heavy (non-hydrogen) atoms. The van der Waals surface area contributed by atoms with Crippen LogP contribution in [0.5, 0.6) is 0 Å². The summed E-state index contributed by atoms with van der Waals surface area (Å²) < 4.78 is 14.8. The molecule has 0 aliphatic carbocycles. The zero-order valence-electron chi connectivity index (χ0n) is 9.05. The minimum Gasteiger partial charge on any atom is -0.382 e. The molecule has 0 saturated carbocycles. The first-order chi connectivity index (χ1) is 7.75. The van der Waals surface area contributed by atoms with E-state index < -0.39 is 0 Å². The average molecular weight is 206 g/mol. The summed E-state index contributed by atoms with van der Waals surface area (Å²) in [6.07, 6.45) is 3.47. The maximum atomic E-state index is 7.44. The quantitative estimate of drug-likeness (QED) is 0.743. The molecule has 3 rings (SSSR count). The van der Waals surface area contributed by atoms with Crippen molar-refractivity contribution < 1.29 is 6.11 Å². The normalized spacial score (nSPS) is 22.1. The molecule has 0 spiro atoms. The van der Waals surface area contributed by atoms with Crippen LogP contribution in [0.3, 0.4) is 0 Å². The molecule has 1 unspecified atom stereocenters. The molecule has 3 heterocycles. The van der Waals surface area contributed by atoms with Crippen molar-refractivity contribution >= 4 is 17.0 Å². The zero-order valence-corrected chi connectivity index (χ0v) is 8.05. The number of aromatic nitrogens is 4. The summed E-state index contributed by atoms with van der Waals surface area (Å²) in [6, 6.07) is 0. The van der Waals surface area contributed by atoms with E-state index in [1.165, 1.54) is 0 Å². The van der Waals surface area contributed by atoms with Crippen LogP contribution in [0.15, 0.2) is 12.6 Å². The standard InChI is InChI=1S/C9H11N5O/c10-8-7-9(12-4-11-8)14(5-13-7)6-2-1-3-15-6/h4-6H,1-3H2,(H2,10,11,12)/i4D. The van der Waals surface area contributed by atoms with Crippen molar-refractivity contribution in [3.8, 4) is 0 Å². The molecule has 1 aliphatic heterocycles. The van der Waals surface area contributed by atoms with E-state index >= 15 is 0 Å². The summed E-state index contributed by atoms with van der Waals surface area (Å²) in [6.45, 7) is 0.749. The van der Waals surface area contributed by atoms with E-state index in [9.17, 15) is 0 Å². The van der Waals surface area contributed by atoms with E-state index in [2.05, 4.69) is 15.0 Å². The molecule has 2 aromatic rings. The number of imidazole rings is 1. The summed E-state index contributed by atoms with van der Waals surface area (Å²) >= 11 is 0. The van der Waals surface area contributed by atoms with Crippen LogP contribution in [0.4, 0.5) is 5.82 Å². The Bertz CT molecular complexity index is 534. The molecule has 0 aromatic carbocycles. The largest absolute Gasteiger partial charge is 0.382 e. The summed E-state index contributed by atoms with van der Waals surface area (Å²) in [4.78, 5) is 11.9. The van der Waals surface area contributed by atoms with Crippen molar-refractivity contribution in [2.24, 2.45) is 0 Å². The van der Waals surface area contributed by atoms with Crippen molar-refractivity contribution in [3.05, 3.63) is 12.6 Å². The van der Waals surface area contributed by atoms with Gasteiger partial charge in [0.15, 0.2) is 11.5 Å². The number of anilines is 1. The maximum Gasteiger partial charge on any atom is 0.167 e. The molecule has 2 aromatic heterocycles. The van der Waals surface area contributed by atoms with Crippen molar-refractivity contribution in [1.82, 2.24) is 19.5 Å². The molecule has 1 saturated heterocycles. The fourth-order valence-corrected chi connectivity index (χ4v) is 1.82. The molecule has 1 fully saturated rings. The Hall–Kier alpha value is -1.69. The Morgan fingerprint density at radius 2 is 2.47 bits per heavy atom. The topological polar surface area (TPSA) is 78.8 Å². The lowest BCUT2D eigenvalue weighted by molar-refractivity contribution is 0.0593. The highest BCUT2D eigenvalue weighted by molar-refractivity contribution is 5.81. The predicted octanol–water partition coefficient (Wildman–Crippen LogP) is 0.718. The van der Waals surface area contributed by atoms with E-state index in [0.717, 1.165) is 19.4 Å². The first-order valence-electron chi connectivity index (χ1n) is 5.34. The number of fused-ring (bicyclic) bond motifs is 1. The van der Waals surface area contributed by atoms with Crippen LogP contribution >= 0.6 is 0 Å². The van der Waals surface area contributed by atoms with Gasteiger partial charge in [0.25, 0.3) is 0 Å². The Labute approximate surface area is 87.5 Å².